The van der Waals surface area contributed by atoms with Crippen molar-refractivity contribution in [1.82, 2.24) is 15.2 Å². The standard InChI is InChI=1S/C30H36N4O2/c1-20(2)16-18-33-26-15-9-7-13-24(26)30(28(33)35)27-23(22-12-6-8-14-25(22)32-27)17-19-34(30)29(36)31-21-10-4-3-5-11-21/h6-9,12-15,20-21,32H,3-5,10-11,16-19H2,1-2H3,(H,31,36). The molecule has 3 amide bonds. The monoisotopic (exact) mass is 484 g/mol. The minimum atomic E-state index is -1.18. The zero-order valence-corrected chi connectivity index (χ0v) is 21.3. The highest BCUT2D eigenvalue weighted by Crippen LogP contribution is 2.52. The lowest BCUT2D eigenvalue weighted by molar-refractivity contribution is -0.126. The van der Waals surface area contributed by atoms with Gasteiger partial charge in [0.1, 0.15) is 0 Å². The fraction of sp³-hybridized carbons (Fsp3) is 0.467. The number of aromatic nitrogens is 1. The number of amides is 3. The van der Waals surface area contributed by atoms with Crippen molar-refractivity contribution in [2.24, 2.45) is 5.92 Å². The fourth-order valence-corrected chi connectivity index (χ4v) is 6.59. The van der Waals surface area contributed by atoms with E-state index < -0.39 is 5.54 Å². The number of urea groups is 1. The van der Waals surface area contributed by atoms with Crippen LogP contribution in [0.25, 0.3) is 10.9 Å². The summed E-state index contributed by atoms with van der Waals surface area (Å²) in [6.45, 7) is 5.51. The third-order valence-electron chi connectivity index (χ3n) is 8.41. The maximum Gasteiger partial charge on any atom is 0.319 e. The number of hydrogen-bond acceptors (Lipinski definition) is 2. The van der Waals surface area contributed by atoms with Crippen LogP contribution in [0.15, 0.2) is 48.5 Å². The van der Waals surface area contributed by atoms with E-state index in [1.807, 2.05) is 46.2 Å². The summed E-state index contributed by atoms with van der Waals surface area (Å²) in [6, 6.07) is 16.4. The van der Waals surface area contributed by atoms with E-state index in [-0.39, 0.29) is 18.0 Å². The van der Waals surface area contributed by atoms with Gasteiger partial charge in [0.05, 0.1) is 11.4 Å². The van der Waals surface area contributed by atoms with Crippen LogP contribution in [0.4, 0.5) is 10.5 Å². The summed E-state index contributed by atoms with van der Waals surface area (Å²) in [6.07, 6.45) is 7.17. The molecule has 2 aliphatic heterocycles. The molecule has 1 saturated carbocycles. The molecule has 1 fully saturated rings. The predicted molar refractivity (Wildman–Crippen MR) is 143 cm³/mol. The van der Waals surface area contributed by atoms with Crippen molar-refractivity contribution >= 4 is 28.5 Å². The van der Waals surface area contributed by atoms with E-state index in [1.54, 1.807) is 0 Å². The Kier molecular flexibility index (Phi) is 5.78. The molecule has 0 bridgehead atoms. The van der Waals surface area contributed by atoms with Crippen LogP contribution in [-0.2, 0) is 16.8 Å². The maximum atomic E-state index is 14.7. The number of carbonyl (C=O) groups excluding carboxylic acids is 2. The Bertz CT molecular complexity index is 1310. The van der Waals surface area contributed by atoms with E-state index in [1.165, 1.54) is 6.42 Å². The average molecular weight is 485 g/mol. The Hall–Kier alpha value is -3.28. The van der Waals surface area contributed by atoms with Gasteiger partial charge < -0.3 is 20.1 Å². The Morgan fingerprint density at radius 3 is 2.64 bits per heavy atom. The number of nitrogens with zero attached hydrogens (tertiary/aromatic N) is 2. The first-order chi connectivity index (χ1) is 17.5. The second-order valence-electron chi connectivity index (χ2n) is 11.1. The van der Waals surface area contributed by atoms with Crippen molar-refractivity contribution in [3.05, 3.63) is 65.4 Å². The summed E-state index contributed by atoms with van der Waals surface area (Å²) < 4.78 is 0. The number of hydrogen-bond donors (Lipinski definition) is 2. The van der Waals surface area contributed by atoms with Crippen LogP contribution in [-0.4, -0.2) is 41.0 Å². The van der Waals surface area contributed by atoms with Crippen LogP contribution in [0.3, 0.4) is 0 Å². The molecular weight excluding hydrogens is 448 g/mol. The van der Waals surface area contributed by atoms with Gasteiger partial charge in [-0.1, -0.05) is 69.5 Å². The molecule has 1 aliphatic carbocycles. The van der Waals surface area contributed by atoms with E-state index in [2.05, 4.69) is 36.3 Å². The van der Waals surface area contributed by atoms with Gasteiger partial charge >= 0.3 is 6.03 Å². The van der Waals surface area contributed by atoms with E-state index in [0.717, 1.165) is 71.9 Å². The topological polar surface area (TPSA) is 68.4 Å². The van der Waals surface area contributed by atoms with E-state index in [9.17, 15) is 9.59 Å². The van der Waals surface area contributed by atoms with Crippen molar-refractivity contribution in [2.45, 2.75) is 70.4 Å². The molecule has 2 aromatic carbocycles. The molecule has 0 radical (unpaired) electrons. The van der Waals surface area contributed by atoms with Gasteiger partial charge in [0.15, 0.2) is 5.54 Å². The summed E-state index contributed by atoms with van der Waals surface area (Å²) in [5.74, 6) is 0.456. The van der Waals surface area contributed by atoms with Gasteiger partial charge in [-0.05, 0) is 49.3 Å². The van der Waals surface area contributed by atoms with Crippen LogP contribution in [0.2, 0.25) is 0 Å². The molecular formula is C30H36N4O2. The number of carbonyl (C=O) groups is 2. The van der Waals surface area contributed by atoms with Gasteiger partial charge in [0, 0.05) is 35.6 Å². The second-order valence-corrected chi connectivity index (χ2v) is 11.1. The number of anilines is 1. The lowest BCUT2D eigenvalue weighted by atomic mass is 9.80. The number of fused-ring (bicyclic) bond motifs is 6. The molecule has 1 spiro atoms. The highest BCUT2D eigenvalue weighted by Gasteiger charge is 2.60. The van der Waals surface area contributed by atoms with Gasteiger partial charge in [-0.15, -0.1) is 0 Å². The lowest BCUT2D eigenvalue weighted by Crippen LogP contribution is -2.62. The number of rotatable bonds is 4. The van der Waals surface area contributed by atoms with Gasteiger partial charge in [-0.3, -0.25) is 4.79 Å². The number of para-hydroxylation sites is 2. The molecule has 2 N–H and O–H groups in total. The molecule has 188 valence electrons. The quantitative estimate of drug-likeness (QED) is 0.498. The Morgan fingerprint density at radius 2 is 1.83 bits per heavy atom. The predicted octanol–water partition coefficient (Wildman–Crippen LogP) is 5.70. The van der Waals surface area contributed by atoms with Crippen LogP contribution >= 0.6 is 0 Å². The molecule has 6 rings (SSSR count). The summed E-state index contributed by atoms with van der Waals surface area (Å²) in [4.78, 5) is 36.1. The van der Waals surface area contributed by atoms with Gasteiger partial charge in [-0.2, -0.15) is 0 Å². The van der Waals surface area contributed by atoms with Crippen molar-refractivity contribution < 1.29 is 9.59 Å². The summed E-state index contributed by atoms with van der Waals surface area (Å²) in [7, 11) is 0. The number of aromatic amines is 1. The van der Waals surface area contributed by atoms with E-state index >= 15 is 0 Å². The molecule has 3 heterocycles. The third kappa shape index (κ3) is 3.45. The van der Waals surface area contributed by atoms with Crippen molar-refractivity contribution in [1.29, 1.82) is 0 Å². The van der Waals surface area contributed by atoms with Gasteiger partial charge in [0.2, 0.25) is 0 Å². The lowest BCUT2D eigenvalue weighted by Gasteiger charge is -2.44. The van der Waals surface area contributed by atoms with Crippen LogP contribution in [0.1, 0.15) is 69.2 Å². The summed E-state index contributed by atoms with van der Waals surface area (Å²) in [5, 5.41) is 4.47. The number of H-pyrrole nitrogens is 1. The normalized spacial score (nSPS) is 21.9. The second kappa shape index (κ2) is 8.99. The smallest absolute Gasteiger partial charge is 0.319 e. The highest BCUT2D eigenvalue weighted by molar-refractivity contribution is 6.12. The van der Waals surface area contributed by atoms with E-state index in [0.29, 0.717) is 19.0 Å². The molecule has 0 saturated heterocycles. The zero-order valence-electron chi connectivity index (χ0n) is 21.3. The molecule has 3 aromatic rings. The molecule has 6 nitrogen and oxygen atoms in total. The summed E-state index contributed by atoms with van der Waals surface area (Å²) in [5.41, 5.74) is 3.68. The largest absolute Gasteiger partial charge is 0.355 e. The molecule has 1 aromatic heterocycles. The SMILES string of the molecule is CC(C)CCN1C(=O)C2(c3ccccc31)c1[nH]c3ccccc3c1CCN2C(=O)NC1CCCCC1. The fourth-order valence-electron chi connectivity index (χ4n) is 6.59. The molecule has 6 heteroatoms. The molecule has 1 unspecified atom stereocenters. The van der Waals surface area contributed by atoms with Gasteiger partial charge in [-0.25, -0.2) is 4.79 Å². The molecule has 3 aliphatic rings. The summed E-state index contributed by atoms with van der Waals surface area (Å²) >= 11 is 0. The van der Waals surface area contributed by atoms with Gasteiger partial charge in [0.25, 0.3) is 5.91 Å². The minimum absolute atomic E-state index is 0.0179. The molecule has 1 atom stereocenters. The first-order valence-corrected chi connectivity index (χ1v) is 13.6. The Balaban J connectivity index is 1.52. The first kappa shape index (κ1) is 23.1. The Morgan fingerprint density at radius 1 is 1.08 bits per heavy atom. The molecule has 36 heavy (non-hydrogen) atoms. The minimum Gasteiger partial charge on any atom is -0.355 e. The number of nitrogens with one attached hydrogen (secondary N) is 2. The maximum absolute atomic E-state index is 14.7. The van der Waals surface area contributed by atoms with Crippen molar-refractivity contribution in [3.8, 4) is 0 Å². The zero-order chi connectivity index (χ0) is 24.9. The Labute approximate surface area is 213 Å². The van der Waals surface area contributed by atoms with Crippen LogP contribution in [0, 0.1) is 5.92 Å². The number of benzene rings is 2. The average Bonchev–Trinajstić information content (AvgIpc) is 3.38. The van der Waals surface area contributed by atoms with Crippen molar-refractivity contribution in [3.63, 3.8) is 0 Å². The highest BCUT2D eigenvalue weighted by atomic mass is 16.2. The van der Waals surface area contributed by atoms with E-state index in [4.69, 9.17) is 0 Å². The van der Waals surface area contributed by atoms with Crippen LogP contribution in [0.5, 0.6) is 0 Å². The third-order valence-corrected chi connectivity index (χ3v) is 8.41. The first-order valence-electron chi connectivity index (χ1n) is 13.6. The van der Waals surface area contributed by atoms with Crippen LogP contribution < -0.4 is 10.2 Å². The van der Waals surface area contributed by atoms with Crippen molar-refractivity contribution in [2.75, 3.05) is 18.0 Å².